The third-order valence-electron chi connectivity index (χ3n) is 3.57. The van der Waals surface area contributed by atoms with Gasteiger partial charge in [-0.25, -0.2) is 0 Å². The van der Waals surface area contributed by atoms with Crippen molar-refractivity contribution in [2.75, 3.05) is 0 Å². The summed E-state index contributed by atoms with van der Waals surface area (Å²) in [6, 6.07) is 15.1. The summed E-state index contributed by atoms with van der Waals surface area (Å²) in [7, 11) is 0. The minimum Gasteiger partial charge on any atom is -0.143 e. The van der Waals surface area contributed by atoms with Crippen molar-refractivity contribution in [2.45, 2.75) is 24.2 Å². The lowest BCUT2D eigenvalue weighted by molar-refractivity contribution is 0.660. The molecule has 0 amide bonds. The number of hydrogen-bond acceptors (Lipinski definition) is 1. The Morgan fingerprint density at radius 2 is 1.56 bits per heavy atom. The van der Waals surface area contributed by atoms with Crippen molar-refractivity contribution >= 4 is 12.6 Å². The van der Waals surface area contributed by atoms with E-state index in [9.17, 15) is 0 Å². The quantitative estimate of drug-likeness (QED) is 0.637. The van der Waals surface area contributed by atoms with Crippen molar-refractivity contribution in [3.63, 3.8) is 0 Å². The second-order valence-electron chi connectivity index (χ2n) is 4.90. The molecule has 0 aliphatic heterocycles. The van der Waals surface area contributed by atoms with Crippen LogP contribution in [0.3, 0.4) is 0 Å². The van der Waals surface area contributed by atoms with Crippen LogP contribution >= 0.6 is 12.6 Å². The summed E-state index contributed by atoms with van der Waals surface area (Å²) in [5.41, 5.74) is 5.65. The minimum atomic E-state index is 0.118. The van der Waals surface area contributed by atoms with Crippen molar-refractivity contribution in [2.24, 2.45) is 0 Å². The Morgan fingerprint density at radius 1 is 0.875 bits per heavy atom. The molecule has 0 saturated heterocycles. The number of rotatable bonds is 0. The topological polar surface area (TPSA) is 0 Å². The van der Waals surface area contributed by atoms with Crippen LogP contribution in [-0.2, 0) is 5.41 Å². The molecule has 0 bridgehead atoms. The van der Waals surface area contributed by atoms with Gasteiger partial charge >= 0.3 is 0 Å². The molecular formula is C15H14S. The first kappa shape index (κ1) is 9.98. The molecule has 0 aromatic heterocycles. The maximum atomic E-state index is 4.43. The molecule has 2 aromatic carbocycles. The van der Waals surface area contributed by atoms with Crippen LogP contribution in [0.15, 0.2) is 47.4 Å². The van der Waals surface area contributed by atoms with Gasteiger partial charge in [-0.15, -0.1) is 12.6 Å². The fourth-order valence-corrected chi connectivity index (χ4v) is 2.91. The molecule has 1 heteroatoms. The zero-order valence-corrected chi connectivity index (χ0v) is 10.4. The Kier molecular flexibility index (Phi) is 1.96. The van der Waals surface area contributed by atoms with Gasteiger partial charge in [0.1, 0.15) is 0 Å². The molecule has 0 fully saturated rings. The predicted octanol–water partition coefficient (Wildman–Crippen LogP) is 4.28. The zero-order valence-electron chi connectivity index (χ0n) is 9.49. The highest BCUT2D eigenvalue weighted by Crippen LogP contribution is 2.48. The van der Waals surface area contributed by atoms with Gasteiger partial charge in [0.15, 0.2) is 0 Å². The van der Waals surface area contributed by atoms with Crippen molar-refractivity contribution in [1.82, 2.24) is 0 Å². The second-order valence-corrected chi connectivity index (χ2v) is 5.42. The molecule has 0 nitrogen and oxygen atoms in total. The second kappa shape index (κ2) is 3.14. The number of benzene rings is 2. The molecule has 16 heavy (non-hydrogen) atoms. The van der Waals surface area contributed by atoms with E-state index in [4.69, 9.17) is 0 Å². The van der Waals surface area contributed by atoms with Gasteiger partial charge in [0.25, 0.3) is 0 Å². The fraction of sp³-hybridized carbons (Fsp3) is 0.200. The lowest BCUT2D eigenvalue weighted by atomic mass is 9.82. The van der Waals surface area contributed by atoms with Crippen molar-refractivity contribution < 1.29 is 0 Å². The van der Waals surface area contributed by atoms with E-state index in [0.29, 0.717) is 0 Å². The van der Waals surface area contributed by atoms with Crippen molar-refractivity contribution in [3.05, 3.63) is 53.6 Å². The SMILES string of the molecule is CC1(C)c2ccccc2-c2cc(S)ccc21. The zero-order chi connectivity index (χ0) is 11.3. The van der Waals surface area contributed by atoms with Gasteiger partial charge in [-0.3, -0.25) is 0 Å². The van der Waals surface area contributed by atoms with E-state index < -0.39 is 0 Å². The normalized spacial score (nSPS) is 15.7. The van der Waals surface area contributed by atoms with Crippen LogP contribution in [0.2, 0.25) is 0 Å². The van der Waals surface area contributed by atoms with E-state index in [1.165, 1.54) is 22.3 Å². The van der Waals surface area contributed by atoms with Gasteiger partial charge in [0, 0.05) is 10.3 Å². The highest BCUT2D eigenvalue weighted by molar-refractivity contribution is 7.80. The summed E-state index contributed by atoms with van der Waals surface area (Å²) in [5, 5.41) is 0. The van der Waals surface area contributed by atoms with Gasteiger partial charge < -0.3 is 0 Å². The van der Waals surface area contributed by atoms with Crippen LogP contribution in [0.4, 0.5) is 0 Å². The van der Waals surface area contributed by atoms with Crippen LogP contribution in [-0.4, -0.2) is 0 Å². The first-order valence-corrected chi connectivity index (χ1v) is 5.99. The Morgan fingerprint density at radius 3 is 2.38 bits per heavy atom. The molecule has 0 saturated carbocycles. The molecule has 80 valence electrons. The minimum absolute atomic E-state index is 0.118. The Balaban J connectivity index is 2.40. The van der Waals surface area contributed by atoms with Crippen LogP contribution in [0.5, 0.6) is 0 Å². The molecule has 0 spiro atoms. The maximum absolute atomic E-state index is 4.43. The Bertz CT molecular complexity index is 567. The highest BCUT2D eigenvalue weighted by Gasteiger charge is 2.34. The third-order valence-corrected chi connectivity index (χ3v) is 3.85. The molecule has 1 aliphatic rings. The third kappa shape index (κ3) is 1.18. The van der Waals surface area contributed by atoms with Crippen LogP contribution < -0.4 is 0 Å². The van der Waals surface area contributed by atoms with Gasteiger partial charge in [-0.2, -0.15) is 0 Å². The smallest absolute Gasteiger partial charge is 0.0158 e. The van der Waals surface area contributed by atoms with Crippen LogP contribution in [0.25, 0.3) is 11.1 Å². The van der Waals surface area contributed by atoms with Crippen LogP contribution in [0, 0.1) is 0 Å². The molecule has 3 rings (SSSR count). The average molecular weight is 226 g/mol. The van der Waals surface area contributed by atoms with Crippen LogP contribution in [0.1, 0.15) is 25.0 Å². The monoisotopic (exact) mass is 226 g/mol. The van der Waals surface area contributed by atoms with Crippen molar-refractivity contribution in [1.29, 1.82) is 0 Å². The molecule has 0 N–H and O–H groups in total. The summed E-state index contributed by atoms with van der Waals surface area (Å²) >= 11 is 4.43. The lowest BCUT2D eigenvalue weighted by Crippen LogP contribution is -2.14. The van der Waals surface area contributed by atoms with E-state index in [-0.39, 0.29) is 5.41 Å². The van der Waals surface area contributed by atoms with Gasteiger partial charge in [-0.05, 0) is 34.4 Å². The average Bonchev–Trinajstić information content (AvgIpc) is 2.49. The predicted molar refractivity (Wildman–Crippen MR) is 71.3 cm³/mol. The van der Waals surface area contributed by atoms with E-state index >= 15 is 0 Å². The molecule has 0 radical (unpaired) electrons. The molecule has 0 atom stereocenters. The fourth-order valence-electron chi connectivity index (χ4n) is 2.71. The van der Waals surface area contributed by atoms with E-state index in [1.807, 2.05) is 0 Å². The summed E-state index contributed by atoms with van der Waals surface area (Å²) in [6.45, 7) is 4.58. The molecular weight excluding hydrogens is 212 g/mol. The van der Waals surface area contributed by atoms with E-state index in [2.05, 4.69) is 68.9 Å². The largest absolute Gasteiger partial charge is 0.143 e. The summed E-state index contributed by atoms with van der Waals surface area (Å²) in [5.74, 6) is 0. The van der Waals surface area contributed by atoms with Gasteiger partial charge in [-0.1, -0.05) is 44.2 Å². The first-order valence-electron chi connectivity index (χ1n) is 5.54. The molecule has 2 aromatic rings. The lowest BCUT2D eigenvalue weighted by Gasteiger charge is -2.21. The molecule has 0 heterocycles. The molecule has 0 unspecified atom stereocenters. The summed E-state index contributed by atoms with van der Waals surface area (Å²) in [6.07, 6.45) is 0. The number of thiol groups is 1. The van der Waals surface area contributed by atoms with E-state index in [1.54, 1.807) is 0 Å². The van der Waals surface area contributed by atoms with E-state index in [0.717, 1.165) is 4.90 Å². The highest BCUT2D eigenvalue weighted by atomic mass is 32.1. The summed E-state index contributed by atoms with van der Waals surface area (Å²) < 4.78 is 0. The number of hydrogen-bond donors (Lipinski definition) is 1. The van der Waals surface area contributed by atoms with Crippen molar-refractivity contribution in [3.8, 4) is 11.1 Å². The first-order chi connectivity index (χ1) is 7.60. The number of fused-ring (bicyclic) bond motifs is 3. The summed E-state index contributed by atoms with van der Waals surface area (Å²) in [4.78, 5) is 1.03. The maximum Gasteiger partial charge on any atom is 0.0158 e. The van der Waals surface area contributed by atoms with Gasteiger partial charge in [0.05, 0.1) is 0 Å². The Hall–Kier alpha value is -1.21. The Labute approximate surface area is 102 Å². The van der Waals surface area contributed by atoms with Gasteiger partial charge in [0.2, 0.25) is 0 Å². The standard InChI is InChI=1S/C15H14S/c1-15(2)13-6-4-3-5-11(13)12-9-10(16)7-8-14(12)15/h3-9,16H,1-2H3. The molecule has 1 aliphatic carbocycles.